The minimum atomic E-state index is 1.18. The van der Waals surface area contributed by atoms with E-state index >= 15 is 0 Å². The van der Waals surface area contributed by atoms with Gasteiger partial charge in [-0.05, 0) is 60.1 Å². The Morgan fingerprint density at radius 2 is 1.89 bits per heavy atom. The van der Waals surface area contributed by atoms with E-state index in [0.717, 1.165) is 0 Å². The number of hydrogen-bond donors (Lipinski definition) is 1. The molecule has 0 spiro atoms. The molecule has 1 aromatic carbocycles. The van der Waals surface area contributed by atoms with Crippen LogP contribution in [0.15, 0.2) is 48.8 Å². The first-order valence-electron chi connectivity index (χ1n) is 6.81. The van der Waals surface area contributed by atoms with Gasteiger partial charge in [0.2, 0.25) is 0 Å². The minimum Gasteiger partial charge on any atom is -0.205 e. The lowest BCUT2D eigenvalue weighted by molar-refractivity contribution is -0.638. The average Bonchev–Trinajstić information content (AvgIpc) is 2.49. The molecule has 0 bridgehead atoms. The highest BCUT2D eigenvalue weighted by molar-refractivity contribution is 5.72. The van der Waals surface area contributed by atoms with Crippen molar-refractivity contribution < 1.29 is 4.68 Å². The van der Waals surface area contributed by atoms with Gasteiger partial charge in [-0.2, -0.15) is 0 Å². The van der Waals surface area contributed by atoms with E-state index < -0.39 is 0 Å². The van der Waals surface area contributed by atoms with Gasteiger partial charge in [0.1, 0.15) is 0 Å². The van der Waals surface area contributed by atoms with Gasteiger partial charge >= 0.3 is 0 Å². The molecule has 2 aromatic rings. The SMILES string of the molecule is N[n+]1ccc(-c2cc[c]c(C3=CCCCC3)c2)cc1. The Hall–Kier alpha value is -2.09. The zero-order valence-corrected chi connectivity index (χ0v) is 11.0. The van der Waals surface area contributed by atoms with E-state index in [4.69, 9.17) is 5.84 Å². The Morgan fingerprint density at radius 3 is 2.63 bits per heavy atom. The Balaban J connectivity index is 1.95. The molecular formula is C17H18N2+. The second-order valence-electron chi connectivity index (χ2n) is 5.00. The lowest BCUT2D eigenvalue weighted by Crippen LogP contribution is -2.43. The van der Waals surface area contributed by atoms with Gasteiger partial charge in [-0.3, -0.25) is 0 Å². The number of nitrogen functional groups attached to an aromatic ring is 1. The fraction of sp³-hybridized carbons (Fsp3) is 0.235. The van der Waals surface area contributed by atoms with Gasteiger partial charge in [-0.25, -0.2) is 5.84 Å². The van der Waals surface area contributed by atoms with Gasteiger partial charge in [-0.1, -0.05) is 22.9 Å². The number of rotatable bonds is 2. The highest BCUT2D eigenvalue weighted by atomic mass is 15.3. The number of aromatic nitrogens is 1. The number of allylic oxidation sites excluding steroid dienone is 2. The average molecular weight is 250 g/mol. The van der Waals surface area contributed by atoms with Gasteiger partial charge in [0.15, 0.2) is 12.4 Å². The summed E-state index contributed by atoms with van der Waals surface area (Å²) in [6, 6.07) is 13.8. The number of nitrogens with zero attached hydrogens (tertiary/aromatic N) is 1. The molecule has 0 amide bonds. The monoisotopic (exact) mass is 250 g/mol. The van der Waals surface area contributed by atoms with Crippen LogP contribution in [0.25, 0.3) is 16.7 Å². The van der Waals surface area contributed by atoms with Crippen molar-refractivity contribution in [3.63, 3.8) is 0 Å². The molecule has 0 saturated carbocycles. The molecule has 1 heterocycles. The van der Waals surface area contributed by atoms with Gasteiger partial charge < -0.3 is 0 Å². The van der Waals surface area contributed by atoms with Crippen LogP contribution in [0.5, 0.6) is 0 Å². The van der Waals surface area contributed by atoms with Crippen molar-refractivity contribution in [2.45, 2.75) is 25.7 Å². The van der Waals surface area contributed by atoms with Crippen molar-refractivity contribution in [1.29, 1.82) is 0 Å². The summed E-state index contributed by atoms with van der Waals surface area (Å²) in [5.74, 6) is 5.65. The van der Waals surface area contributed by atoms with Crippen molar-refractivity contribution >= 4 is 5.57 Å². The Labute approximate surface area is 114 Å². The molecule has 1 aliphatic carbocycles. The Kier molecular flexibility index (Phi) is 3.32. The van der Waals surface area contributed by atoms with Gasteiger partial charge in [-0.15, -0.1) is 0 Å². The zero-order chi connectivity index (χ0) is 13.1. The number of pyridine rings is 1. The van der Waals surface area contributed by atoms with Crippen LogP contribution in [0.2, 0.25) is 0 Å². The molecule has 2 heteroatoms. The summed E-state index contributed by atoms with van der Waals surface area (Å²) in [5.41, 5.74) is 5.09. The van der Waals surface area contributed by atoms with Crippen LogP contribution in [0.3, 0.4) is 0 Å². The summed E-state index contributed by atoms with van der Waals surface area (Å²) in [7, 11) is 0. The van der Waals surface area contributed by atoms with Crippen LogP contribution in [0.4, 0.5) is 0 Å². The molecule has 3 rings (SSSR count). The van der Waals surface area contributed by atoms with E-state index in [2.05, 4.69) is 24.3 Å². The smallest absolute Gasteiger partial charge is 0.199 e. The molecule has 0 saturated heterocycles. The maximum atomic E-state index is 5.65. The van der Waals surface area contributed by atoms with E-state index in [9.17, 15) is 0 Å². The van der Waals surface area contributed by atoms with E-state index in [-0.39, 0.29) is 0 Å². The number of hydrogen-bond acceptors (Lipinski definition) is 1. The molecule has 0 unspecified atom stereocenters. The third-order valence-corrected chi connectivity index (χ3v) is 3.62. The van der Waals surface area contributed by atoms with Crippen LogP contribution in [0.1, 0.15) is 31.2 Å². The highest BCUT2D eigenvalue weighted by Crippen LogP contribution is 2.29. The van der Waals surface area contributed by atoms with E-state index in [1.165, 1.54) is 47.9 Å². The predicted octanol–water partition coefficient (Wildman–Crippen LogP) is 3.11. The maximum absolute atomic E-state index is 5.65. The molecule has 2 nitrogen and oxygen atoms in total. The minimum absolute atomic E-state index is 1.18. The summed E-state index contributed by atoms with van der Waals surface area (Å²) in [5, 5.41) is 0. The topological polar surface area (TPSA) is 29.9 Å². The summed E-state index contributed by atoms with van der Waals surface area (Å²) in [6.07, 6.45) is 11.1. The second kappa shape index (κ2) is 5.27. The van der Waals surface area contributed by atoms with Gasteiger partial charge in [0, 0.05) is 12.1 Å². The van der Waals surface area contributed by atoms with Crippen molar-refractivity contribution in [3.05, 3.63) is 60.4 Å². The molecule has 0 fully saturated rings. The third-order valence-electron chi connectivity index (χ3n) is 3.62. The van der Waals surface area contributed by atoms with Crippen LogP contribution >= 0.6 is 0 Å². The van der Waals surface area contributed by atoms with Crippen molar-refractivity contribution in [3.8, 4) is 11.1 Å². The first-order chi connectivity index (χ1) is 9.33. The van der Waals surface area contributed by atoms with Crippen LogP contribution < -0.4 is 10.5 Å². The molecule has 1 radical (unpaired) electrons. The highest BCUT2D eigenvalue weighted by Gasteiger charge is 2.08. The summed E-state index contributed by atoms with van der Waals surface area (Å²) in [6.45, 7) is 0. The van der Waals surface area contributed by atoms with E-state index in [1.807, 2.05) is 30.6 Å². The standard InChI is InChI=1S/C17H18N2/c18-19-11-9-15(10-12-19)17-8-4-7-16(13-17)14-5-2-1-3-6-14/h4-5,8-13H,1-3,6,18H2/q+1. The molecular weight excluding hydrogens is 232 g/mol. The molecule has 95 valence electrons. The Morgan fingerprint density at radius 1 is 1.05 bits per heavy atom. The molecule has 0 atom stereocenters. The zero-order valence-electron chi connectivity index (χ0n) is 11.0. The molecule has 19 heavy (non-hydrogen) atoms. The van der Waals surface area contributed by atoms with Crippen molar-refractivity contribution in [2.75, 3.05) is 5.84 Å². The summed E-state index contributed by atoms with van der Waals surface area (Å²) < 4.78 is 1.56. The fourth-order valence-corrected chi connectivity index (χ4v) is 2.54. The quantitative estimate of drug-likeness (QED) is 0.644. The molecule has 1 aromatic heterocycles. The molecule has 1 aliphatic rings. The molecule has 0 aliphatic heterocycles. The van der Waals surface area contributed by atoms with Gasteiger partial charge in [0.05, 0.1) is 0 Å². The fourth-order valence-electron chi connectivity index (χ4n) is 2.54. The van der Waals surface area contributed by atoms with Crippen LogP contribution in [-0.2, 0) is 0 Å². The second-order valence-corrected chi connectivity index (χ2v) is 5.00. The predicted molar refractivity (Wildman–Crippen MR) is 77.5 cm³/mol. The van der Waals surface area contributed by atoms with E-state index in [0.29, 0.717) is 0 Å². The summed E-state index contributed by atoms with van der Waals surface area (Å²) in [4.78, 5) is 0. The Bertz CT molecular complexity index is 597. The number of nitrogens with two attached hydrogens (primary N) is 1. The lowest BCUT2D eigenvalue weighted by Gasteiger charge is -2.13. The van der Waals surface area contributed by atoms with Gasteiger partial charge in [0.25, 0.3) is 0 Å². The van der Waals surface area contributed by atoms with Crippen LogP contribution in [0, 0.1) is 6.07 Å². The number of benzene rings is 1. The first kappa shape index (κ1) is 12.0. The lowest BCUT2D eigenvalue weighted by atomic mass is 9.92. The van der Waals surface area contributed by atoms with Crippen molar-refractivity contribution in [2.24, 2.45) is 0 Å². The summed E-state index contributed by atoms with van der Waals surface area (Å²) >= 11 is 0. The normalized spacial score (nSPS) is 15.1. The van der Waals surface area contributed by atoms with E-state index in [1.54, 1.807) is 4.68 Å². The van der Waals surface area contributed by atoms with Crippen LogP contribution in [-0.4, -0.2) is 0 Å². The third kappa shape index (κ3) is 2.68. The molecule has 2 N–H and O–H groups in total. The first-order valence-corrected chi connectivity index (χ1v) is 6.81. The van der Waals surface area contributed by atoms with Crippen molar-refractivity contribution in [1.82, 2.24) is 0 Å². The largest absolute Gasteiger partial charge is 0.205 e. The maximum Gasteiger partial charge on any atom is 0.199 e.